The molecule has 0 bridgehead atoms. The van der Waals surface area contributed by atoms with Crippen molar-refractivity contribution in [3.05, 3.63) is 36.2 Å². The third kappa shape index (κ3) is 1.43. The first kappa shape index (κ1) is 7.86. The summed E-state index contributed by atoms with van der Waals surface area (Å²) in [6.45, 7) is 5.77. The molecule has 58 valence electrons. The molecule has 1 aromatic rings. The van der Waals surface area contributed by atoms with E-state index >= 15 is 0 Å². The van der Waals surface area contributed by atoms with Gasteiger partial charge in [0.1, 0.15) is 0 Å². The second-order valence-corrected chi connectivity index (χ2v) is 2.47. The highest BCUT2D eigenvalue weighted by Gasteiger charge is 1.97. The van der Waals surface area contributed by atoms with Crippen LogP contribution in [0.1, 0.15) is 18.2 Å². The van der Waals surface area contributed by atoms with Crippen LogP contribution >= 0.6 is 0 Å². The molecule has 0 N–H and O–H groups in total. The predicted molar refractivity (Wildman–Crippen MR) is 50.2 cm³/mol. The molecule has 11 heavy (non-hydrogen) atoms. The molecule has 1 heteroatoms. The van der Waals surface area contributed by atoms with Gasteiger partial charge >= 0.3 is 0 Å². The summed E-state index contributed by atoms with van der Waals surface area (Å²) in [5.41, 5.74) is 2.40. The second-order valence-electron chi connectivity index (χ2n) is 2.47. The number of nitrogens with zero attached hydrogens (tertiary/aromatic N) is 1. The van der Waals surface area contributed by atoms with Gasteiger partial charge in [0.05, 0.1) is 0 Å². The highest BCUT2D eigenvalue weighted by molar-refractivity contribution is 5.62. The average Bonchev–Trinajstić information content (AvgIpc) is 2.33. The summed E-state index contributed by atoms with van der Waals surface area (Å²) in [5.74, 6) is 0. The molecule has 1 rings (SSSR count). The minimum atomic E-state index is 1.17. The maximum Gasteiger partial charge on any atom is 0.0471 e. The predicted octanol–water partition coefficient (Wildman–Crippen LogP) is 2.70. The highest BCUT2D eigenvalue weighted by Crippen LogP contribution is 2.12. The molecule has 1 heterocycles. The van der Waals surface area contributed by atoms with E-state index in [9.17, 15) is 0 Å². The summed E-state index contributed by atoms with van der Waals surface area (Å²) in [6, 6.07) is 2.08. The first-order valence-electron chi connectivity index (χ1n) is 3.70. The van der Waals surface area contributed by atoms with E-state index in [1.165, 1.54) is 11.3 Å². The Hall–Kier alpha value is -1.24. The minimum Gasteiger partial charge on any atom is -0.351 e. The molecule has 1 aromatic heterocycles. The first-order valence-corrected chi connectivity index (χ1v) is 3.70. The van der Waals surface area contributed by atoms with Crippen molar-refractivity contribution in [3.8, 4) is 0 Å². The largest absolute Gasteiger partial charge is 0.351 e. The fourth-order valence-electron chi connectivity index (χ4n) is 1.14. The molecule has 0 aliphatic heterocycles. The van der Waals surface area contributed by atoms with Gasteiger partial charge in [-0.05, 0) is 24.6 Å². The lowest BCUT2D eigenvalue weighted by Crippen LogP contribution is -1.88. The Morgan fingerprint density at radius 1 is 1.55 bits per heavy atom. The SMILES string of the molecule is C=Cc1c(/C=C\C)ccn1C. The van der Waals surface area contributed by atoms with Gasteiger partial charge in [0.25, 0.3) is 0 Å². The van der Waals surface area contributed by atoms with Crippen LogP contribution in [0.5, 0.6) is 0 Å². The third-order valence-electron chi connectivity index (χ3n) is 1.69. The molecule has 1 nitrogen and oxygen atoms in total. The van der Waals surface area contributed by atoms with Gasteiger partial charge < -0.3 is 4.57 Å². The fourth-order valence-corrected chi connectivity index (χ4v) is 1.14. The molecular weight excluding hydrogens is 134 g/mol. The number of aryl methyl sites for hydroxylation is 1. The van der Waals surface area contributed by atoms with Crippen molar-refractivity contribution in [3.63, 3.8) is 0 Å². The molecule has 0 saturated heterocycles. The number of allylic oxidation sites excluding steroid dienone is 1. The number of rotatable bonds is 2. The number of hydrogen-bond donors (Lipinski definition) is 0. The summed E-state index contributed by atoms with van der Waals surface area (Å²) in [6.07, 6.45) is 8.01. The Labute approximate surface area is 67.7 Å². The molecule has 0 aliphatic rings. The Bertz CT molecular complexity index is 279. The summed E-state index contributed by atoms with van der Waals surface area (Å²) in [7, 11) is 2.02. The van der Waals surface area contributed by atoms with Crippen molar-refractivity contribution < 1.29 is 0 Å². The Morgan fingerprint density at radius 3 is 2.82 bits per heavy atom. The molecule has 0 radical (unpaired) electrons. The maximum absolute atomic E-state index is 3.75. The summed E-state index contributed by atoms with van der Waals surface area (Å²) in [5, 5.41) is 0. The summed E-state index contributed by atoms with van der Waals surface area (Å²) < 4.78 is 2.06. The van der Waals surface area contributed by atoms with E-state index < -0.39 is 0 Å². The molecular formula is C10H13N. The van der Waals surface area contributed by atoms with Crippen molar-refractivity contribution in [2.45, 2.75) is 6.92 Å². The van der Waals surface area contributed by atoms with Gasteiger partial charge in [-0.1, -0.05) is 18.7 Å². The van der Waals surface area contributed by atoms with Crippen LogP contribution in [0.25, 0.3) is 12.2 Å². The van der Waals surface area contributed by atoms with Gasteiger partial charge in [0.2, 0.25) is 0 Å². The van der Waals surface area contributed by atoms with Gasteiger partial charge in [-0.15, -0.1) is 0 Å². The van der Waals surface area contributed by atoms with Crippen LogP contribution in [0.2, 0.25) is 0 Å². The van der Waals surface area contributed by atoms with Crippen LogP contribution in [0.3, 0.4) is 0 Å². The van der Waals surface area contributed by atoms with Gasteiger partial charge in [-0.25, -0.2) is 0 Å². The van der Waals surface area contributed by atoms with E-state index in [0.717, 1.165) is 0 Å². The lowest BCUT2D eigenvalue weighted by atomic mass is 10.2. The van der Waals surface area contributed by atoms with Crippen molar-refractivity contribution in [1.82, 2.24) is 4.57 Å². The standard InChI is InChI=1S/C10H13N/c1-4-6-9-7-8-11(3)10(9)5-2/h4-8H,2H2,1,3H3/b6-4-. The fraction of sp³-hybridized carbons (Fsp3) is 0.200. The molecule has 0 aliphatic carbocycles. The summed E-state index contributed by atoms with van der Waals surface area (Å²) >= 11 is 0. The van der Waals surface area contributed by atoms with Crippen LogP contribution < -0.4 is 0 Å². The normalized spacial score (nSPS) is 10.7. The molecule has 0 atom stereocenters. The molecule has 0 aromatic carbocycles. The average molecular weight is 147 g/mol. The van der Waals surface area contributed by atoms with Crippen LogP contribution in [0.4, 0.5) is 0 Å². The van der Waals surface area contributed by atoms with E-state index in [1.54, 1.807) is 0 Å². The van der Waals surface area contributed by atoms with Crippen LogP contribution in [0.15, 0.2) is 24.9 Å². The minimum absolute atomic E-state index is 1.17. The topological polar surface area (TPSA) is 4.93 Å². The lowest BCUT2D eigenvalue weighted by molar-refractivity contribution is 0.914. The van der Waals surface area contributed by atoms with E-state index in [-0.39, 0.29) is 0 Å². The van der Waals surface area contributed by atoms with Crippen LogP contribution in [-0.2, 0) is 7.05 Å². The lowest BCUT2D eigenvalue weighted by Gasteiger charge is -1.96. The Balaban J connectivity index is 3.15. The third-order valence-corrected chi connectivity index (χ3v) is 1.69. The zero-order chi connectivity index (χ0) is 8.27. The second kappa shape index (κ2) is 3.24. The summed E-state index contributed by atoms with van der Waals surface area (Å²) in [4.78, 5) is 0. The van der Waals surface area contributed by atoms with Crippen molar-refractivity contribution >= 4 is 12.2 Å². The molecule has 0 spiro atoms. The quantitative estimate of drug-likeness (QED) is 0.606. The van der Waals surface area contributed by atoms with Gasteiger partial charge in [0, 0.05) is 18.9 Å². The Morgan fingerprint density at radius 2 is 2.27 bits per heavy atom. The van der Waals surface area contributed by atoms with E-state index in [1.807, 2.05) is 32.3 Å². The monoisotopic (exact) mass is 147 g/mol. The van der Waals surface area contributed by atoms with E-state index in [0.29, 0.717) is 0 Å². The molecule has 0 amide bonds. The molecule has 0 saturated carbocycles. The van der Waals surface area contributed by atoms with Crippen LogP contribution in [-0.4, -0.2) is 4.57 Å². The van der Waals surface area contributed by atoms with Gasteiger partial charge in [0.15, 0.2) is 0 Å². The molecule has 0 unspecified atom stereocenters. The van der Waals surface area contributed by atoms with Crippen molar-refractivity contribution in [2.75, 3.05) is 0 Å². The zero-order valence-electron chi connectivity index (χ0n) is 7.04. The smallest absolute Gasteiger partial charge is 0.0471 e. The number of hydrogen-bond acceptors (Lipinski definition) is 0. The highest BCUT2D eigenvalue weighted by atomic mass is 14.9. The first-order chi connectivity index (χ1) is 5.29. The van der Waals surface area contributed by atoms with Crippen LogP contribution in [0, 0.1) is 0 Å². The van der Waals surface area contributed by atoms with Crippen molar-refractivity contribution in [2.24, 2.45) is 7.05 Å². The van der Waals surface area contributed by atoms with E-state index in [4.69, 9.17) is 0 Å². The van der Waals surface area contributed by atoms with Gasteiger partial charge in [-0.2, -0.15) is 0 Å². The zero-order valence-corrected chi connectivity index (χ0v) is 7.04. The van der Waals surface area contributed by atoms with Crippen molar-refractivity contribution in [1.29, 1.82) is 0 Å². The maximum atomic E-state index is 3.75. The van der Waals surface area contributed by atoms with E-state index in [2.05, 4.69) is 23.3 Å². The van der Waals surface area contributed by atoms with Gasteiger partial charge in [-0.3, -0.25) is 0 Å². The molecule has 0 fully saturated rings. The number of aromatic nitrogens is 1. The Kier molecular flexibility index (Phi) is 2.32.